The van der Waals surface area contributed by atoms with Gasteiger partial charge in [-0.1, -0.05) is 18.2 Å². The number of rotatable bonds is 5. The number of hydrogen-bond acceptors (Lipinski definition) is 4. The zero-order valence-corrected chi connectivity index (χ0v) is 19.6. The third-order valence-corrected chi connectivity index (χ3v) is 6.55. The maximum absolute atomic E-state index is 14.7. The van der Waals surface area contributed by atoms with E-state index in [1.54, 1.807) is 30.1 Å². The van der Waals surface area contributed by atoms with Gasteiger partial charge < -0.3 is 15.3 Å². The van der Waals surface area contributed by atoms with Crippen molar-refractivity contribution in [2.75, 3.05) is 20.1 Å². The van der Waals surface area contributed by atoms with Gasteiger partial charge in [-0.3, -0.25) is 9.78 Å². The number of aromatic nitrogens is 1. The summed E-state index contributed by atoms with van der Waals surface area (Å²) >= 11 is 0. The van der Waals surface area contributed by atoms with Crippen molar-refractivity contribution >= 4 is 16.8 Å². The smallest absolute Gasteiger partial charge is 0.255 e. The molecule has 2 N–H and O–H groups in total. The van der Waals surface area contributed by atoms with Gasteiger partial charge in [0, 0.05) is 48.4 Å². The Bertz CT molecular complexity index is 1450. The third kappa shape index (κ3) is 4.52. The van der Waals surface area contributed by atoms with Gasteiger partial charge in [-0.25, -0.2) is 13.2 Å². The highest BCUT2D eigenvalue weighted by Crippen LogP contribution is 2.35. The molecule has 5 rings (SSSR count). The molecule has 5 nitrogen and oxygen atoms in total. The zero-order valence-electron chi connectivity index (χ0n) is 19.6. The molecule has 8 heteroatoms. The van der Waals surface area contributed by atoms with Crippen LogP contribution in [0, 0.1) is 17.5 Å². The summed E-state index contributed by atoms with van der Waals surface area (Å²) < 4.78 is 43.0. The minimum Gasteiger partial charge on any atom is -0.505 e. The largest absolute Gasteiger partial charge is 0.505 e. The van der Waals surface area contributed by atoms with Crippen molar-refractivity contribution < 1.29 is 23.1 Å². The number of likely N-dealkylation sites (N-methyl/N-ethyl adjacent to an activating group) is 1. The van der Waals surface area contributed by atoms with Crippen LogP contribution < -0.4 is 5.32 Å². The first kappa shape index (κ1) is 23.8. The van der Waals surface area contributed by atoms with Crippen molar-refractivity contribution in [3.05, 3.63) is 83.8 Å². The van der Waals surface area contributed by atoms with E-state index in [4.69, 9.17) is 0 Å². The molecule has 0 aliphatic carbocycles. The fourth-order valence-electron chi connectivity index (χ4n) is 4.78. The molecule has 0 radical (unpaired) electrons. The molecule has 1 atom stereocenters. The second-order valence-electron chi connectivity index (χ2n) is 9.05. The van der Waals surface area contributed by atoms with E-state index in [-0.39, 0.29) is 34.2 Å². The van der Waals surface area contributed by atoms with E-state index >= 15 is 0 Å². The lowest BCUT2D eigenvalue weighted by atomic mass is 9.94. The highest BCUT2D eigenvalue weighted by molar-refractivity contribution is 6.12. The minimum absolute atomic E-state index is 0.152. The minimum atomic E-state index is -0.787. The molecular weight excluding hydrogens is 467 g/mol. The Morgan fingerprint density at radius 2 is 1.83 bits per heavy atom. The van der Waals surface area contributed by atoms with E-state index in [1.807, 2.05) is 0 Å². The van der Waals surface area contributed by atoms with Crippen LogP contribution >= 0.6 is 0 Å². The molecule has 0 saturated carbocycles. The highest BCUT2D eigenvalue weighted by atomic mass is 19.1. The molecule has 0 bridgehead atoms. The number of pyridine rings is 1. The Labute approximate surface area is 206 Å². The number of halogens is 3. The standard InChI is InChI=1S/C28H24F3N3O2/c1-34(15-20-4-3-9-32-20)28(36)26-22-12-16(21-5-2-6-25(35)27(21)31)7-8-24(22)33-14-23(26)17-10-18(29)13-19(30)11-17/h2,5-8,10-14,20,32,35H,3-4,9,15H2,1H3/t20-/m0/s1. The molecule has 1 fully saturated rings. The maximum atomic E-state index is 14.7. The highest BCUT2D eigenvalue weighted by Gasteiger charge is 2.25. The van der Waals surface area contributed by atoms with E-state index in [0.717, 1.165) is 37.6 Å². The fraction of sp³-hybridized carbons (Fsp3) is 0.214. The fourth-order valence-corrected chi connectivity index (χ4v) is 4.78. The van der Waals surface area contributed by atoms with Crippen LogP contribution in [0.25, 0.3) is 33.2 Å². The number of carbonyl (C=O) groups excluding carboxylic acids is 1. The molecular formula is C28H24F3N3O2. The van der Waals surface area contributed by atoms with Crippen molar-refractivity contribution in [2.45, 2.75) is 18.9 Å². The summed E-state index contributed by atoms with van der Waals surface area (Å²) in [5.74, 6) is -3.17. The number of aromatic hydroxyl groups is 1. The van der Waals surface area contributed by atoms with Crippen molar-refractivity contribution in [1.29, 1.82) is 0 Å². The van der Waals surface area contributed by atoms with E-state index < -0.39 is 23.2 Å². The molecule has 184 valence electrons. The Kier molecular flexibility index (Phi) is 6.36. The lowest BCUT2D eigenvalue weighted by molar-refractivity contribution is 0.0786. The molecule has 4 aromatic rings. The van der Waals surface area contributed by atoms with E-state index in [2.05, 4.69) is 10.3 Å². The summed E-state index contributed by atoms with van der Waals surface area (Å²) in [6.45, 7) is 1.35. The number of nitrogens with one attached hydrogen (secondary N) is 1. The van der Waals surface area contributed by atoms with Crippen molar-refractivity contribution in [3.8, 4) is 28.0 Å². The van der Waals surface area contributed by atoms with Gasteiger partial charge in [0.25, 0.3) is 5.91 Å². The van der Waals surface area contributed by atoms with Gasteiger partial charge in [-0.15, -0.1) is 0 Å². The van der Waals surface area contributed by atoms with Gasteiger partial charge in [0.1, 0.15) is 11.6 Å². The number of phenolic OH excluding ortho intramolecular Hbond substituents is 1. The predicted octanol–water partition coefficient (Wildman–Crippen LogP) is 5.52. The Morgan fingerprint density at radius 1 is 1.06 bits per heavy atom. The van der Waals surface area contributed by atoms with Crippen molar-refractivity contribution in [2.24, 2.45) is 0 Å². The number of benzene rings is 3. The summed E-state index contributed by atoms with van der Waals surface area (Å²) in [5, 5.41) is 13.6. The van der Waals surface area contributed by atoms with Gasteiger partial charge >= 0.3 is 0 Å². The molecule has 1 aliphatic rings. The predicted molar refractivity (Wildman–Crippen MR) is 132 cm³/mol. The summed E-state index contributed by atoms with van der Waals surface area (Å²) in [6.07, 6.45) is 3.40. The average molecular weight is 492 g/mol. The van der Waals surface area contributed by atoms with Crippen LogP contribution in [0.1, 0.15) is 23.2 Å². The number of fused-ring (bicyclic) bond motifs is 1. The van der Waals surface area contributed by atoms with Crippen LogP contribution in [0.2, 0.25) is 0 Å². The summed E-state index contributed by atoms with van der Waals surface area (Å²) in [7, 11) is 1.68. The van der Waals surface area contributed by atoms with Gasteiger partial charge in [0.05, 0.1) is 11.1 Å². The van der Waals surface area contributed by atoms with Crippen LogP contribution in [-0.2, 0) is 0 Å². The van der Waals surface area contributed by atoms with Crippen molar-refractivity contribution in [3.63, 3.8) is 0 Å². The monoisotopic (exact) mass is 491 g/mol. The molecule has 1 aliphatic heterocycles. The SMILES string of the molecule is CN(C[C@@H]1CCCN1)C(=O)c1c(-c2cc(F)cc(F)c2)cnc2ccc(-c3cccc(O)c3F)cc12. The first-order chi connectivity index (χ1) is 17.3. The van der Waals surface area contributed by atoms with Gasteiger partial charge in [0.15, 0.2) is 11.6 Å². The summed E-state index contributed by atoms with van der Waals surface area (Å²) in [6, 6.07) is 12.4. The number of carbonyl (C=O) groups is 1. The number of nitrogens with zero attached hydrogens (tertiary/aromatic N) is 2. The van der Waals surface area contributed by atoms with Crippen LogP contribution in [-0.4, -0.2) is 47.1 Å². The molecule has 0 spiro atoms. The summed E-state index contributed by atoms with van der Waals surface area (Å²) in [5.41, 5.74) is 1.70. The van der Waals surface area contributed by atoms with Gasteiger partial charge in [0.2, 0.25) is 0 Å². The number of amides is 1. The zero-order chi connectivity index (χ0) is 25.4. The first-order valence-electron chi connectivity index (χ1n) is 11.7. The first-order valence-corrected chi connectivity index (χ1v) is 11.7. The number of phenols is 1. The second kappa shape index (κ2) is 9.62. The van der Waals surface area contributed by atoms with Gasteiger partial charge in [-0.05, 0) is 60.8 Å². The molecule has 1 amide bonds. The lowest BCUT2D eigenvalue weighted by Gasteiger charge is -2.23. The molecule has 1 aromatic heterocycles. The van der Waals surface area contributed by atoms with Crippen LogP contribution in [0.4, 0.5) is 13.2 Å². The Hall–Kier alpha value is -3.91. The molecule has 2 heterocycles. The van der Waals surface area contributed by atoms with Crippen LogP contribution in [0.5, 0.6) is 5.75 Å². The lowest BCUT2D eigenvalue weighted by Crippen LogP contribution is -2.38. The van der Waals surface area contributed by atoms with E-state index in [0.29, 0.717) is 23.0 Å². The Morgan fingerprint density at radius 3 is 2.56 bits per heavy atom. The van der Waals surface area contributed by atoms with Crippen LogP contribution in [0.3, 0.4) is 0 Å². The summed E-state index contributed by atoms with van der Waals surface area (Å²) in [4.78, 5) is 19.9. The van der Waals surface area contributed by atoms with E-state index in [1.165, 1.54) is 24.4 Å². The molecule has 36 heavy (non-hydrogen) atoms. The topological polar surface area (TPSA) is 65.5 Å². The third-order valence-electron chi connectivity index (χ3n) is 6.55. The van der Waals surface area contributed by atoms with Crippen molar-refractivity contribution in [1.82, 2.24) is 15.2 Å². The second-order valence-corrected chi connectivity index (χ2v) is 9.05. The molecule has 0 unspecified atom stereocenters. The molecule has 3 aromatic carbocycles. The van der Waals surface area contributed by atoms with Crippen LogP contribution in [0.15, 0.2) is 60.8 Å². The average Bonchev–Trinajstić information content (AvgIpc) is 3.36. The number of hydrogen-bond donors (Lipinski definition) is 2. The quantitative estimate of drug-likeness (QED) is 0.386. The maximum Gasteiger partial charge on any atom is 0.255 e. The van der Waals surface area contributed by atoms with Gasteiger partial charge in [-0.2, -0.15) is 0 Å². The van der Waals surface area contributed by atoms with E-state index in [9.17, 15) is 23.1 Å². The molecule has 1 saturated heterocycles. The Balaban J connectivity index is 1.71. The normalized spacial score (nSPS) is 15.4.